The van der Waals surface area contributed by atoms with Gasteiger partial charge in [0.15, 0.2) is 0 Å². The molecule has 0 aliphatic heterocycles. The van der Waals surface area contributed by atoms with Crippen molar-refractivity contribution >= 4 is 10.9 Å². The van der Waals surface area contributed by atoms with Gasteiger partial charge < -0.3 is 14.4 Å². The first-order chi connectivity index (χ1) is 6.22. The quantitative estimate of drug-likeness (QED) is 0.721. The van der Waals surface area contributed by atoms with Crippen LogP contribution in [0.15, 0.2) is 24.4 Å². The molecule has 0 atom stereocenters. The van der Waals surface area contributed by atoms with E-state index in [2.05, 4.69) is 0 Å². The third-order valence-corrected chi connectivity index (χ3v) is 2.16. The van der Waals surface area contributed by atoms with E-state index in [0.29, 0.717) is 0 Å². The summed E-state index contributed by atoms with van der Waals surface area (Å²) in [5.41, 5.74) is 1.05. The Labute approximate surface area is 76.2 Å². The Morgan fingerprint density at radius 2 is 2.15 bits per heavy atom. The van der Waals surface area contributed by atoms with Crippen molar-refractivity contribution in [2.75, 3.05) is 7.11 Å². The van der Waals surface area contributed by atoms with Crippen molar-refractivity contribution in [2.45, 2.75) is 0 Å². The van der Waals surface area contributed by atoms with E-state index in [9.17, 15) is 5.11 Å². The zero-order chi connectivity index (χ0) is 9.42. The maximum Gasteiger partial charge on any atom is 0.144 e. The molecule has 68 valence electrons. The molecule has 0 saturated heterocycles. The molecule has 0 saturated carbocycles. The second kappa shape index (κ2) is 2.69. The first-order valence-electron chi connectivity index (χ1n) is 4.04. The van der Waals surface area contributed by atoms with Crippen LogP contribution in [0.3, 0.4) is 0 Å². The number of aromatic nitrogens is 1. The minimum absolute atomic E-state index is 0.261. The zero-order valence-electron chi connectivity index (χ0n) is 7.61. The van der Waals surface area contributed by atoms with Gasteiger partial charge in [-0.1, -0.05) is 0 Å². The molecule has 0 amide bonds. The van der Waals surface area contributed by atoms with Crippen LogP contribution in [-0.2, 0) is 7.05 Å². The van der Waals surface area contributed by atoms with Crippen LogP contribution in [0.2, 0.25) is 0 Å². The lowest BCUT2D eigenvalue weighted by atomic mass is 10.2. The molecule has 0 unspecified atom stereocenters. The number of aryl methyl sites for hydroxylation is 1. The Bertz CT molecular complexity index is 445. The van der Waals surface area contributed by atoms with Crippen molar-refractivity contribution in [3.63, 3.8) is 0 Å². The first kappa shape index (κ1) is 7.98. The van der Waals surface area contributed by atoms with Crippen LogP contribution in [-0.4, -0.2) is 16.8 Å². The van der Waals surface area contributed by atoms with Crippen molar-refractivity contribution in [1.29, 1.82) is 0 Å². The number of phenols is 1. The van der Waals surface area contributed by atoms with Crippen LogP contribution in [0.25, 0.3) is 10.9 Å². The van der Waals surface area contributed by atoms with Crippen molar-refractivity contribution in [1.82, 2.24) is 4.57 Å². The highest BCUT2D eigenvalue weighted by atomic mass is 16.5. The van der Waals surface area contributed by atoms with Crippen LogP contribution in [0.4, 0.5) is 0 Å². The van der Waals surface area contributed by atoms with Gasteiger partial charge in [0.25, 0.3) is 0 Å². The van der Waals surface area contributed by atoms with Crippen LogP contribution in [0.1, 0.15) is 0 Å². The summed E-state index contributed by atoms with van der Waals surface area (Å²) in [4.78, 5) is 0. The molecular formula is C10H11NO2. The van der Waals surface area contributed by atoms with Gasteiger partial charge in [0, 0.05) is 18.6 Å². The van der Waals surface area contributed by atoms with Gasteiger partial charge in [-0.25, -0.2) is 0 Å². The Kier molecular flexibility index (Phi) is 1.65. The van der Waals surface area contributed by atoms with Crippen molar-refractivity contribution in [3.05, 3.63) is 24.4 Å². The van der Waals surface area contributed by atoms with Gasteiger partial charge in [0.2, 0.25) is 0 Å². The van der Waals surface area contributed by atoms with Gasteiger partial charge >= 0.3 is 0 Å². The standard InChI is InChI=1S/C10H11NO2/c1-11-6-10(13-2)8-5-7(12)3-4-9(8)11/h3-6,12H,1-2H3. The second-order valence-corrected chi connectivity index (χ2v) is 3.01. The number of benzene rings is 1. The fraction of sp³-hybridized carbons (Fsp3) is 0.200. The highest BCUT2D eigenvalue weighted by Gasteiger charge is 2.06. The normalized spacial score (nSPS) is 10.6. The predicted molar refractivity (Wildman–Crippen MR) is 51.1 cm³/mol. The third-order valence-electron chi connectivity index (χ3n) is 2.16. The van der Waals surface area contributed by atoms with E-state index in [1.807, 2.05) is 23.9 Å². The van der Waals surface area contributed by atoms with Crippen LogP contribution < -0.4 is 4.74 Å². The van der Waals surface area contributed by atoms with E-state index < -0.39 is 0 Å². The number of hydrogen-bond acceptors (Lipinski definition) is 2. The lowest BCUT2D eigenvalue weighted by Crippen LogP contribution is -1.82. The summed E-state index contributed by atoms with van der Waals surface area (Å²) < 4.78 is 7.14. The minimum Gasteiger partial charge on any atom is -0.508 e. The molecule has 1 N–H and O–H groups in total. The molecule has 2 aromatic rings. The number of ether oxygens (including phenoxy) is 1. The van der Waals surface area contributed by atoms with E-state index in [-0.39, 0.29) is 5.75 Å². The van der Waals surface area contributed by atoms with Gasteiger partial charge in [-0.3, -0.25) is 0 Å². The maximum atomic E-state index is 9.29. The Balaban J connectivity index is 2.81. The van der Waals surface area contributed by atoms with E-state index in [1.54, 1.807) is 19.2 Å². The maximum absolute atomic E-state index is 9.29. The van der Waals surface area contributed by atoms with Gasteiger partial charge in [0.05, 0.1) is 12.6 Å². The molecule has 2 rings (SSSR count). The minimum atomic E-state index is 0.261. The van der Waals surface area contributed by atoms with Crippen LogP contribution >= 0.6 is 0 Å². The Morgan fingerprint density at radius 3 is 2.85 bits per heavy atom. The summed E-state index contributed by atoms with van der Waals surface area (Å²) in [5, 5.41) is 10.2. The molecule has 1 aromatic heterocycles. The highest BCUT2D eigenvalue weighted by Crippen LogP contribution is 2.29. The van der Waals surface area contributed by atoms with E-state index in [0.717, 1.165) is 16.7 Å². The van der Waals surface area contributed by atoms with Crippen LogP contribution in [0, 0.1) is 0 Å². The molecule has 0 spiro atoms. The molecular weight excluding hydrogens is 166 g/mol. The molecule has 0 aliphatic carbocycles. The molecule has 3 heteroatoms. The summed E-state index contributed by atoms with van der Waals surface area (Å²) in [5.74, 6) is 1.05. The fourth-order valence-electron chi connectivity index (χ4n) is 1.51. The van der Waals surface area contributed by atoms with Gasteiger partial charge in [-0.15, -0.1) is 0 Å². The number of methoxy groups -OCH3 is 1. The molecule has 0 radical (unpaired) electrons. The summed E-state index contributed by atoms with van der Waals surface area (Å²) in [6.07, 6.45) is 1.89. The fourth-order valence-corrected chi connectivity index (χ4v) is 1.51. The third kappa shape index (κ3) is 1.13. The SMILES string of the molecule is COc1cn(C)c2ccc(O)cc12. The second-order valence-electron chi connectivity index (χ2n) is 3.01. The number of hydrogen-bond donors (Lipinski definition) is 1. The Morgan fingerprint density at radius 1 is 1.38 bits per heavy atom. The molecule has 1 heterocycles. The highest BCUT2D eigenvalue weighted by molar-refractivity contribution is 5.88. The summed E-state index contributed by atoms with van der Waals surface area (Å²) in [6.45, 7) is 0. The van der Waals surface area contributed by atoms with Gasteiger partial charge in [-0.05, 0) is 18.2 Å². The topological polar surface area (TPSA) is 34.4 Å². The largest absolute Gasteiger partial charge is 0.508 e. The van der Waals surface area contributed by atoms with E-state index >= 15 is 0 Å². The zero-order valence-corrected chi connectivity index (χ0v) is 7.61. The number of phenolic OH excluding ortho intramolecular Hbond substituents is 1. The average Bonchev–Trinajstić information content (AvgIpc) is 2.42. The van der Waals surface area contributed by atoms with E-state index in [4.69, 9.17) is 4.74 Å². The number of nitrogens with zero attached hydrogens (tertiary/aromatic N) is 1. The first-order valence-corrected chi connectivity index (χ1v) is 4.04. The monoisotopic (exact) mass is 177 g/mol. The molecule has 3 nitrogen and oxygen atoms in total. The summed E-state index contributed by atoms with van der Waals surface area (Å²) in [6, 6.07) is 5.24. The Hall–Kier alpha value is -1.64. The van der Waals surface area contributed by atoms with Crippen LogP contribution in [0.5, 0.6) is 11.5 Å². The molecule has 1 aromatic carbocycles. The van der Waals surface area contributed by atoms with Crippen molar-refractivity contribution in [2.24, 2.45) is 7.05 Å². The number of fused-ring (bicyclic) bond motifs is 1. The predicted octanol–water partition coefficient (Wildman–Crippen LogP) is 1.89. The van der Waals surface area contributed by atoms with Gasteiger partial charge in [-0.2, -0.15) is 0 Å². The molecule has 13 heavy (non-hydrogen) atoms. The van der Waals surface area contributed by atoms with Crippen molar-refractivity contribution in [3.8, 4) is 11.5 Å². The lowest BCUT2D eigenvalue weighted by Gasteiger charge is -1.96. The molecule has 0 bridgehead atoms. The van der Waals surface area contributed by atoms with Gasteiger partial charge in [0.1, 0.15) is 11.5 Å². The average molecular weight is 177 g/mol. The number of aromatic hydroxyl groups is 1. The van der Waals surface area contributed by atoms with Crippen molar-refractivity contribution < 1.29 is 9.84 Å². The molecule has 0 aliphatic rings. The summed E-state index contributed by atoms with van der Waals surface area (Å²) >= 11 is 0. The summed E-state index contributed by atoms with van der Waals surface area (Å²) in [7, 11) is 3.57. The lowest BCUT2D eigenvalue weighted by molar-refractivity contribution is 0.418. The molecule has 0 fully saturated rings. The smallest absolute Gasteiger partial charge is 0.144 e. The number of rotatable bonds is 1. The van der Waals surface area contributed by atoms with E-state index in [1.165, 1.54) is 0 Å².